The SMILES string of the molecule is Cc1ccc(Nc2ccc(C(F)(F)F)c(F)c2C)c(CC(=O)O)c1. The maximum Gasteiger partial charge on any atom is 0.419 e. The molecule has 0 amide bonds. The summed E-state index contributed by atoms with van der Waals surface area (Å²) in [4.78, 5) is 10.9. The monoisotopic (exact) mass is 341 g/mol. The standard InChI is InChI=1S/C17H15F4NO2/c1-9-3-5-14(11(7-9)8-15(23)24)22-13-6-4-12(17(19,20)21)16(18)10(13)2/h3-7,22H,8H2,1-2H3,(H,23,24). The Kier molecular flexibility index (Phi) is 4.82. The van der Waals surface area contributed by atoms with Crippen molar-refractivity contribution in [3.05, 3.63) is 58.4 Å². The lowest BCUT2D eigenvalue weighted by Gasteiger charge is -2.16. The summed E-state index contributed by atoms with van der Waals surface area (Å²) >= 11 is 0. The fourth-order valence-electron chi connectivity index (χ4n) is 2.34. The zero-order chi connectivity index (χ0) is 18.1. The minimum absolute atomic E-state index is 0.149. The maximum absolute atomic E-state index is 14.0. The summed E-state index contributed by atoms with van der Waals surface area (Å²) in [5, 5.41) is 11.8. The van der Waals surface area contributed by atoms with Gasteiger partial charge in [0.25, 0.3) is 0 Å². The molecule has 0 saturated heterocycles. The van der Waals surface area contributed by atoms with Gasteiger partial charge in [-0.2, -0.15) is 13.2 Å². The fraction of sp³-hybridized carbons (Fsp3) is 0.235. The van der Waals surface area contributed by atoms with E-state index in [4.69, 9.17) is 5.11 Å². The van der Waals surface area contributed by atoms with Gasteiger partial charge in [-0.3, -0.25) is 4.79 Å². The number of benzene rings is 2. The molecule has 24 heavy (non-hydrogen) atoms. The molecule has 0 unspecified atom stereocenters. The molecule has 0 atom stereocenters. The van der Waals surface area contributed by atoms with Crippen LogP contribution < -0.4 is 5.32 Å². The molecular weight excluding hydrogens is 326 g/mol. The van der Waals surface area contributed by atoms with Gasteiger partial charge in [-0.05, 0) is 37.6 Å². The van der Waals surface area contributed by atoms with Crippen molar-refractivity contribution in [2.75, 3.05) is 5.32 Å². The van der Waals surface area contributed by atoms with Crippen LogP contribution in [0.5, 0.6) is 0 Å². The second kappa shape index (κ2) is 6.51. The van der Waals surface area contributed by atoms with Crippen LogP contribution in [0.25, 0.3) is 0 Å². The molecule has 3 nitrogen and oxygen atoms in total. The Balaban J connectivity index is 2.42. The minimum Gasteiger partial charge on any atom is -0.481 e. The number of aryl methyl sites for hydroxylation is 1. The van der Waals surface area contributed by atoms with Gasteiger partial charge in [0.2, 0.25) is 0 Å². The summed E-state index contributed by atoms with van der Waals surface area (Å²) < 4.78 is 52.1. The summed E-state index contributed by atoms with van der Waals surface area (Å²) in [5.74, 6) is -2.39. The Morgan fingerprint density at radius 2 is 1.75 bits per heavy atom. The number of hydrogen-bond donors (Lipinski definition) is 2. The molecule has 0 heterocycles. The van der Waals surface area contributed by atoms with Crippen LogP contribution in [0.1, 0.15) is 22.3 Å². The summed E-state index contributed by atoms with van der Waals surface area (Å²) in [6.07, 6.45) is -5.03. The fourth-order valence-corrected chi connectivity index (χ4v) is 2.34. The third kappa shape index (κ3) is 3.84. The van der Waals surface area contributed by atoms with Gasteiger partial charge in [0, 0.05) is 16.9 Å². The Bertz CT molecular complexity index is 785. The number of anilines is 2. The van der Waals surface area contributed by atoms with Gasteiger partial charge in [-0.1, -0.05) is 17.7 Å². The van der Waals surface area contributed by atoms with Crippen LogP contribution in [0.15, 0.2) is 30.3 Å². The molecule has 0 fully saturated rings. The molecule has 0 aliphatic carbocycles. The lowest BCUT2D eigenvalue weighted by molar-refractivity contribution is -0.140. The van der Waals surface area contributed by atoms with E-state index in [0.717, 1.165) is 11.6 Å². The number of carboxylic acid groups (broad SMARTS) is 1. The molecule has 0 radical (unpaired) electrons. The molecule has 7 heteroatoms. The Morgan fingerprint density at radius 1 is 1.12 bits per heavy atom. The van der Waals surface area contributed by atoms with Crippen molar-refractivity contribution in [1.82, 2.24) is 0 Å². The van der Waals surface area contributed by atoms with E-state index in [2.05, 4.69) is 5.32 Å². The highest BCUT2D eigenvalue weighted by Gasteiger charge is 2.35. The third-order valence-electron chi connectivity index (χ3n) is 3.56. The smallest absolute Gasteiger partial charge is 0.419 e. The molecule has 0 aliphatic heterocycles. The van der Waals surface area contributed by atoms with Crippen molar-refractivity contribution in [2.45, 2.75) is 26.4 Å². The molecule has 2 rings (SSSR count). The van der Waals surface area contributed by atoms with Crippen LogP contribution in [-0.4, -0.2) is 11.1 Å². The largest absolute Gasteiger partial charge is 0.481 e. The quantitative estimate of drug-likeness (QED) is 0.783. The number of nitrogens with one attached hydrogen (secondary N) is 1. The molecular formula is C17H15F4NO2. The van der Waals surface area contributed by atoms with E-state index in [1.54, 1.807) is 25.1 Å². The van der Waals surface area contributed by atoms with Crippen LogP contribution in [-0.2, 0) is 17.4 Å². The van der Waals surface area contributed by atoms with Crippen molar-refractivity contribution in [2.24, 2.45) is 0 Å². The summed E-state index contributed by atoms with van der Waals surface area (Å²) in [6.45, 7) is 3.02. The normalized spacial score (nSPS) is 11.4. The average Bonchev–Trinajstić information content (AvgIpc) is 2.44. The van der Waals surface area contributed by atoms with Crippen LogP contribution in [0.2, 0.25) is 0 Å². The summed E-state index contributed by atoms with van der Waals surface area (Å²) in [7, 11) is 0. The second-order valence-electron chi connectivity index (χ2n) is 5.45. The maximum atomic E-state index is 14.0. The molecule has 2 aromatic rings. The van der Waals surface area contributed by atoms with Gasteiger partial charge in [-0.25, -0.2) is 4.39 Å². The minimum atomic E-state index is -4.77. The van der Waals surface area contributed by atoms with Crippen molar-refractivity contribution < 1.29 is 27.5 Å². The van der Waals surface area contributed by atoms with Crippen LogP contribution in [0.4, 0.5) is 28.9 Å². The second-order valence-corrected chi connectivity index (χ2v) is 5.45. The van der Waals surface area contributed by atoms with E-state index in [0.29, 0.717) is 17.3 Å². The highest BCUT2D eigenvalue weighted by atomic mass is 19.4. The lowest BCUT2D eigenvalue weighted by Crippen LogP contribution is -2.11. The number of hydrogen-bond acceptors (Lipinski definition) is 2. The predicted octanol–water partition coefficient (Wildman–Crippen LogP) is 4.83. The van der Waals surface area contributed by atoms with E-state index in [1.165, 1.54) is 6.92 Å². The number of carboxylic acids is 1. The number of aliphatic carboxylic acids is 1. The molecule has 0 aliphatic rings. The van der Waals surface area contributed by atoms with Crippen molar-refractivity contribution in [1.29, 1.82) is 0 Å². The molecule has 0 saturated carbocycles. The molecule has 2 aromatic carbocycles. The predicted molar refractivity (Wildman–Crippen MR) is 81.9 cm³/mol. The van der Waals surface area contributed by atoms with Crippen molar-refractivity contribution in [3.8, 4) is 0 Å². The first-order chi connectivity index (χ1) is 11.1. The Hall–Kier alpha value is -2.57. The molecule has 2 N–H and O–H groups in total. The average molecular weight is 341 g/mol. The van der Waals surface area contributed by atoms with Gasteiger partial charge >= 0.3 is 12.1 Å². The zero-order valence-electron chi connectivity index (χ0n) is 13.0. The zero-order valence-corrected chi connectivity index (χ0v) is 13.0. The molecule has 0 aromatic heterocycles. The van der Waals surface area contributed by atoms with Gasteiger partial charge in [-0.15, -0.1) is 0 Å². The Labute approximate surface area is 135 Å². The number of rotatable bonds is 4. The topological polar surface area (TPSA) is 49.3 Å². The summed E-state index contributed by atoms with van der Waals surface area (Å²) in [6, 6.07) is 6.79. The highest BCUT2D eigenvalue weighted by Crippen LogP contribution is 2.35. The van der Waals surface area contributed by atoms with Gasteiger partial charge in [0.15, 0.2) is 0 Å². The van der Waals surface area contributed by atoms with Gasteiger partial charge < -0.3 is 10.4 Å². The molecule has 0 bridgehead atoms. The first kappa shape index (κ1) is 17.8. The highest BCUT2D eigenvalue weighted by molar-refractivity contribution is 5.76. The molecule has 128 valence electrons. The van der Waals surface area contributed by atoms with Gasteiger partial charge in [0.05, 0.1) is 12.0 Å². The lowest BCUT2D eigenvalue weighted by atomic mass is 10.0. The van der Waals surface area contributed by atoms with Crippen molar-refractivity contribution >= 4 is 17.3 Å². The van der Waals surface area contributed by atoms with Gasteiger partial charge in [0.1, 0.15) is 5.82 Å². The first-order valence-corrected chi connectivity index (χ1v) is 7.04. The van der Waals surface area contributed by atoms with E-state index >= 15 is 0 Å². The number of halogens is 4. The Morgan fingerprint density at radius 3 is 2.33 bits per heavy atom. The first-order valence-electron chi connectivity index (χ1n) is 7.04. The van der Waals surface area contributed by atoms with E-state index in [9.17, 15) is 22.4 Å². The number of carbonyl (C=O) groups is 1. The van der Waals surface area contributed by atoms with E-state index in [-0.39, 0.29) is 17.7 Å². The van der Waals surface area contributed by atoms with Crippen molar-refractivity contribution in [3.63, 3.8) is 0 Å². The van der Waals surface area contributed by atoms with Crippen LogP contribution >= 0.6 is 0 Å². The number of alkyl halides is 3. The van der Waals surface area contributed by atoms with Crippen LogP contribution in [0, 0.1) is 19.7 Å². The third-order valence-corrected chi connectivity index (χ3v) is 3.56. The van der Waals surface area contributed by atoms with Crippen LogP contribution in [0.3, 0.4) is 0 Å². The van der Waals surface area contributed by atoms with E-state index < -0.39 is 23.5 Å². The van der Waals surface area contributed by atoms with E-state index in [1.807, 2.05) is 0 Å². The summed E-state index contributed by atoms with van der Waals surface area (Å²) in [5.41, 5.74) is 0.336. The molecule has 0 spiro atoms.